The van der Waals surface area contributed by atoms with Crippen LogP contribution in [0.25, 0.3) is 0 Å². The summed E-state index contributed by atoms with van der Waals surface area (Å²) in [7, 11) is -0.974. The van der Waals surface area contributed by atoms with E-state index >= 15 is 0 Å². The molecule has 0 amide bonds. The molecule has 0 spiro atoms. The minimum absolute atomic E-state index is 0.00980. The molecule has 2 aromatic rings. The molecule has 1 N–H and O–H groups in total. The SMILES string of the molecule is COc1ccc(S(=O)(=O)Nc2cccc(F)c2)cc1OC. The summed E-state index contributed by atoms with van der Waals surface area (Å²) in [4.78, 5) is -0.00980. The standard InChI is InChI=1S/C14H14FNO4S/c1-19-13-7-6-12(9-14(13)20-2)21(17,18)16-11-5-3-4-10(15)8-11/h3-9,16H,1-2H3. The fourth-order valence-corrected chi connectivity index (χ4v) is 2.81. The van der Waals surface area contributed by atoms with Crippen LogP contribution in [-0.4, -0.2) is 22.6 Å². The number of methoxy groups -OCH3 is 2. The summed E-state index contributed by atoms with van der Waals surface area (Å²) in [6, 6.07) is 9.40. The second-order valence-electron chi connectivity index (χ2n) is 4.13. The Bertz CT molecular complexity index is 746. The maximum absolute atomic E-state index is 13.1. The minimum atomic E-state index is -3.84. The summed E-state index contributed by atoms with van der Waals surface area (Å²) in [5, 5.41) is 0. The third-order valence-electron chi connectivity index (χ3n) is 2.74. The molecule has 0 bridgehead atoms. The molecule has 0 aliphatic rings. The Morgan fingerprint density at radius 3 is 2.33 bits per heavy atom. The lowest BCUT2D eigenvalue weighted by Crippen LogP contribution is -2.13. The lowest BCUT2D eigenvalue weighted by atomic mass is 10.3. The Morgan fingerprint density at radius 2 is 1.71 bits per heavy atom. The highest BCUT2D eigenvalue weighted by atomic mass is 32.2. The average molecular weight is 311 g/mol. The van der Waals surface area contributed by atoms with Crippen molar-refractivity contribution in [2.75, 3.05) is 18.9 Å². The van der Waals surface area contributed by atoms with Gasteiger partial charge in [0.05, 0.1) is 24.8 Å². The van der Waals surface area contributed by atoms with E-state index in [1.165, 1.54) is 50.6 Å². The third kappa shape index (κ3) is 3.43. The second kappa shape index (κ2) is 6.01. The van der Waals surface area contributed by atoms with Gasteiger partial charge in [0.1, 0.15) is 5.82 Å². The van der Waals surface area contributed by atoms with Crippen LogP contribution < -0.4 is 14.2 Å². The van der Waals surface area contributed by atoms with Gasteiger partial charge in [0.15, 0.2) is 11.5 Å². The zero-order chi connectivity index (χ0) is 15.5. The van der Waals surface area contributed by atoms with Crippen LogP contribution in [0.2, 0.25) is 0 Å². The van der Waals surface area contributed by atoms with E-state index in [4.69, 9.17) is 9.47 Å². The zero-order valence-corrected chi connectivity index (χ0v) is 12.3. The van der Waals surface area contributed by atoms with Crippen LogP contribution in [0.15, 0.2) is 47.4 Å². The Morgan fingerprint density at radius 1 is 1.00 bits per heavy atom. The van der Waals surface area contributed by atoms with Gasteiger partial charge in [-0.15, -0.1) is 0 Å². The van der Waals surface area contributed by atoms with Gasteiger partial charge in [0, 0.05) is 6.07 Å². The van der Waals surface area contributed by atoms with Crippen LogP contribution in [0.5, 0.6) is 11.5 Å². The molecule has 2 aromatic carbocycles. The number of sulfonamides is 1. The average Bonchev–Trinajstić information content (AvgIpc) is 2.46. The fourth-order valence-electron chi connectivity index (χ4n) is 1.75. The van der Waals surface area contributed by atoms with Crippen molar-refractivity contribution in [1.29, 1.82) is 0 Å². The van der Waals surface area contributed by atoms with Crippen molar-refractivity contribution in [1.82, 2.24) is 0 Å². The molecule has 0 atom stereocenters. The van der Waals surface area contributed by atoms with Gasteiger partial charge in [0.25, 0.3) is 10.0 Å². The number of anilines is 1. The first-order valence-electron chi connectivity index (χ1n) is 5.96. The lowest BCUT2D eigenvalue weighted by molar-refractivity contribution is 0.354. The molecule has 0 unspecified atom stereocenters. The highest BCUT2D eigenvalue weighted by molar-refractivity contribution is 7.92. The highest BCUT2D eigenvalue weighted by Crippen LogP contribution is 2.30. The summed E-state index contributed by atoms with van der Waals surface area (Å²) < 4.78 is 50.0. The summed E-state index contributed by atoms with van der Waals surface area (Å²) in [5.74, 6) is 0.185. The van der Waals surface area contributed by atoms with E-state index in [1.54, 1.807) is 0 Å². The minimum Gasteiger partial charge on any atom is -0.493 e. The van der Waals surface area contributed by atoms with Crippen LogP contribution in [0.3, 0.4) is 0 Å². The molecule has 2 rings (SSSR count). The van der Waals surface area contributed by atoms with Crippen molar-refractivity contribution in [3.63, 3.8) is 0 Å². The molecule has 5 nitrogen and oxygen atoms in total. The van der Waals surface area contributed by atoms with Crippen molar-refractivity contribution in [3.05, 3.63) is 48.3 Å². The van der Waals surface area contributed by atoms with E-state index in [9.17, 15) is 12.8 Å². The largest absolute Gasteiger partial charge is 0.493 e. The molecule has 0 fully saturated rings. The first kappa shape index (κ1) is 15.1. The van der Waals surface area contributed by atoms with Crippen LogP contribution in [0.4, 0.5) is 10.1 Å². The first-order chi connectivity index (χ1) is 9.96. The Labute approximate surface area is 122 Å². The normalized spacial score (nSPS) is 11.0. The van der Waals surface area contributed by atoms with Gasteiger partial charge in [-0.3, -0.25) is 4.72 Å². The smallest absolute Gasteiger partial charge is 0.262 e. The predicted molar refractivity (Wildman–Crippen MR) is 76.8 cm³/mol. The van der Waals surface area contributed by atoms with E-state index in [1.807, 2.05) is 0 Å². The number of hydrogen-bond acceptors (Lipinski definition) is 4. The van der Waals surface area contributed by atoms with Crippen molar-refractivity contribution in [3.8, 4) is 11.5 Å². The van der Waals surface area contributed by atoms with Gasteiger partial charge in [0.2, 0.25) is 0 Å². The molecule has 0 radical (unpaired) electrons. The molecule has 0 aromatic heterocycles. The predicted octanol–water partition coefficient (Wildman–Crippen LogP) is 2.64. The molecule has 0 saturated heterocycles. The van der Waals surface area contributed by atoms with Crippen molar-refractivity contribution >= 4 is 15.7 Å². The molecular weight excluding hydrogens is 297 g/mol. The summed E-state index contributed by atoms with van der Waals surface area (Å²) in [6.45, 7) is 0. The van der Waals surface area contributed by atoms with E-state index in [0.717, 1.165) is 6.07 Å². The molecular formula is C14H14FNO4S. The number of benzene rings is 2. The van der Waals surface area contributed by atoms with Gasteiger partial charge in [-0.2, -0.15) is 0 Å². The van der Waals surface area contributed by atoms with Crippen molar-refractivity contribution in [2.45, 2.75) is 4.90 Å². The number of rotatable bonds is 5. The fraction of sp³-hybridized carbons (Fsp3) is 0.143. The van der Waals surface area contributed by atoms with Gasteiger partial charge >= 0.3 is 0 Å². The maximum Gasteiger partial charge on any atom is 0.262 e. The van der Waals surface area contributed by atoms with Crippen molar-refractivity contribution in [2.24, 2.45) is 0 Å². The van der Waals surface area contributed by atoms with Crippen LogP contribution in [0, 0.1) is 5.82 Å². The molecule has 0 aliphatic carbocycles. The topological polar surface area (TPSA) is 64.6 Å². The molecule has 112 valence electrons. The van der Waals surface area contributed by atoms with E-state index in [2.05, 4.69) is 4.72 Å². The number of hydrogen-bond donors (Lipinski definition) is 1. The zero-order valence-electron chi connectivity index (χ0n) is 11.5. The van der Waals surface area contributed by atoms with Gasteiger partial charge in [-0.25, -0.2) is 12.8 Å². The van der Waals surface area contributed by atoms with Gasteiger partial charge in [-0.1, -0.05) is 6.07 Å². The molecule has 0 aliphatic heterocycles. The monoisotopic (exact) mass is 311 g/mol. The maximum atomic E-state index is 13.1. The summed E-state index contributed by atoms with van der Waals surface area (Å²) in [5.41, 5.74) is 0.143. The van der Waals surface area contributed by atoms with E-state index in [0.29, 0.717) is 11.5 Å². The number of ether oxygens (including phenoxy) is 2. The van der Waals surface area contributed by atoms with E-state index in [-0.39, 0.29) is 10.6 Å². The second-order valence-corrected chi connectivity index (χ2v) is 5.82. The molecule has 0 saturated carbocycles. The molecule has 7 heteroatoms. The Kier molecular flexibility index (Phi) is 4.32. The summed E-state index contributed by atoms with van der Waals surface area (Å²) >= 11 is 0. The quantitative estimate of drug-likeness (QED) is 0.922. The van der Waals surface area contributed by atoms with Crippen LogP contribution in [-0.2, 0) is 10.0 Å². The van der Waals surface area contributed by atoms with Crippen LogP contribution in [0.1, 0.15) is 0 Å². The van der Waals surface area contributed by atoms with Gasteiger partial charge in [-0.05, 0) is 30.3 Å². The van der Waals surface area contributed by atoms with Gasteiger partial charge < -0.3 is 9.47 Å². The number of nitrogens with one attached hydrogen (secondary N) is 1. The summed E-state index contributed by atoms with van der Waals surface area (Å²) in [6.07, 6.45) is 0. The highest BCUT2D eigenvalue weighted by Gasteiger charge is 2.17. The lowest BCUT2D eigenvalue weighted by Gasteiger charge is -2.11. The Hall–Kier alpha value is -2.28. The Balaban J connectivity index is 2.35. The van der Waals surface area contributed by atoms with E-state index < -0.39 is 15.8 Å². The number of halogens is 1. The third-order valence-corrected chi connectivity index (χ3v) is 4.12. The van der Waals surface area contributed by atoms with Crippen molar-refractivity contribution < 1.29 is 22.3 Å². The molecule has 0 heterocycles. The molecule has 21 heavy (non-hydrogen) atoms. The van der Waals surface area contributed by atoms with Crippen LogP contribution >= 0.6 is 0 Å². The first-order valence-corrected chi connectivity index (χ1v) is 7.45.